The van der Waals surface area contributed by atoms with E-state index < -0.39 is 21.9 Å². The van der Waals surface area contributed by atoms with Gasteiger partial charge in [-0.05, 0) is 61.5 Å². The molecular weight excluding hydrogens is 472 g/mol. The van der Waals surface area contributed by atoms with Crippen LogP contribution >= 0.6 is 11.3 Å². The fraction of sp³-hybridized carbons (Fsp3) is 0.360. The first-order chi connectivity index (χ1) is 16.3. The van der Waals surface area contributed by atoms with Crippen LogP contribution in [0.3, 0.4) is 0 Å². The van der Waals surface area contributed by atoms with Gasteiger partial charge in [-0.2, -0.15) is 4.31 Å². The lowest BCUT2D eigenvalue weighted by Gasteiger charge is -2.33. The van der Waals surface area contributed by atoms with Gasteiger partial charge in [-0.25, -0.2) is 13.2 Å². The molecule has 34 heavy (non-hydrogen) atoms. The Labute approximate surface area is 203 Å². The summed E-state index contributed by atoms with van der Waals surface area (Å²) >= 11 is 1.31. The number of aryl methyl sites for hydroxylation is 1. The summed E-state index contributed by atoms with van der Waals surface area (Å²) in [5, 5.41) is 3.64. The van der Waals surface area contributed by atoms with Crippen molar-refractivity contribution in [2.75, 3.05) is 19.0 Å². The predicted molar refractivity (Wildman–Crippen MR) is 134 cm³/mol. The summed E-state index contributed by atoms with van der Waals surface area (Å²) in [5.41, 5.74) is 1.52. The van der Waals surface area contributed by atoms with Crippen LogP contribution in [0.2, 0.25) is 0 Å². The minimum atomic E-state index is -3.83. The molecule has 1 saturated carbocycles. The van der Waals surface area contributed by atoms with Crippen molar-refractivity contribution in [3.8, 4) is 0 Å². The van der Waals surface area contributed by atoms with Crippen molar-refractivity contribution in [2.45, 2.75) is 50.0 Å². The Morgan fingerprint density at radius 1 is 1.06 bits per heavy atom. The molecule has 0 unspecified atom stereocenters. The Balaban J connectivity index is 1.55. The number of fused-ring (bicyclic) bond motifs is 1. The lowest BCUT2D eigenvalue weighted by atomic mass is 9.95. The highest BCUT2D eigenvalue weighted by Crippen LogP contribution is 2.30. The minimum absolute atomic E-state index is 0.200. The zero-order valence-corrected chi connectivity index (χ0v) is 20.9. The summed E-state index contributed by atoms with van der Waals surface area (Å²) in [4.78, 5) is 25.5. The second-order valence-electron chi connectivity index (χ2n) is 8.56. The van der Waals surface area contributed by atoms with E-state index in [9.17, 15) is 18.0 Å². The van der Waals surface area contributed by atoms with Crippen LogP contribution in [-0.4, -0.2) is 44.3 Å². The number of hydrogen-bond acceptors (Lipinski definition) is 6. The molecule has 0 atom stereocenters. The molecule has 180 valence electrons. The lowest BCUT2D eigenvalue weighted by molar-refractivity contribution is -0.116. The number of esters is 1. The molecule has 2 aromatic carbocycles. The molecular formula is C25H28N2O5S2. The van der Waals surface area contributed by atoms with E-state index in [1.165, 1.54) is 22.8 Å². The third kappa shape index (κ3) is 5.32. The Hall–Kier alpha value is -2.75. The molecule has 1 fully saturated rings. The summed E-state index contributed by atoms with van der Waals surface area (Å²) in [7, 11) is -2.49. The predicted octanol–water partition coefficient (Wildman–Crippen LogP) is 4.96. The monoisotopic (exact) mass is 500 g/mol. The number of nitrogens with zero attached hydrogens (tertiary/aromatic N) is 1. The number of nitrogens with one attached hydrogen (secondary N) is 1. The van der Waals surface area contributed by atoms with Crippen molar-refractivity contribution in [3.05, 3.63) is 59.0 Å². The topological polar surface area (TPSA) is 92.8 Å². The van der Waals surface area contributed by atoms with Crippen molar-refractivity contribution in [1.82, 2.24) is 4.31 Å². The molecule has 7 nitrogen and oxygen atoms in total. The number of ether oxygens (including phenoxy) is 1. The molecule has 1 N–H and O–H groups in total. The van der Waals surface area contributed by atoms with Crippen LogP contribution in [-0.2, 0) is 19.6 Å². The second-order valence-corrected chi connectivity index (χ2v) is 11.5. The first kappa shape index (κ1) is 24.4. The van der Waals surface area contributed by atoms with Gasteiger partial charge in [0.2, 0.25) is 15.9 Å². The van der Waals surface area contributed by atoms with E-state index in [1.54, 1.807) is 42.5 Å². The molecule has 0 bridgehead atoms. The van der Waals surface area contributed by atoms with E-state index >= 15 is 0 Å². The van der Waals surface area contributed by atoms with E-state index in [1.807, 2.05) is 13.0 Å². The van der Waals surface area contributed by atoms with Gasteiger partial charge >= 0.3 is 5.97 Å². The number of rotatable bonds is 7. The molecule has 0 radical (unpaired) electrons. The number of hydrogen-bond donors (Lipinski definition) is 1. The summed E-state index contributed by atoms with van der Waals surface area (Å²) in [6.45, 7) is 1.65. The molecule has 0 spiro atoms. The molecule has 1 aliphatic rings. The van der Waals surface area contributed by atoms with Gasteiger partial charge in [-0.3, -0.25) is 4.79 Å². The molecule has 4 rings (SSSR count). The van der Waals surface area contributed by atoms with Gasteiger partial charge in [0.05, 0.1) is 18.6 Å². The third-order valence-electron chi connectivity index (χ3n) is 6.10. The summed E-state index contributed by atoms with van der Waals surface area (Å²) in [6, 6.07) is 13.6. The fourth-order valence-electron chi connectivity index (χ4n) is 4.29. The van der Waals surface area contributed by atoms with Gasteiger partial charge in [0.15, 0.2) is 0 Å². The zero-order valence-electron chi connectivity index (χ0n) is 19.2. The Morgan fingerprint density at radius 2 is 1.76 bits per heavy atom. The van der Waals surface area contributed by atoms with Gasteiger partial charge < -0.3 is 10.1 Å². The number of sulfonamides is 1. The Kier molecular flexibility index (Phi) is 7.35. The number of methoxy groups -OCH3 is 1. The van der Waals surface area contributed by atoms with Crippen molar-refractivity contribution in [3.63, 3.8) is 0 Å². The molecule has 1 amide bonds. The number of anilines is 1. The molecule has 1 aromatic heterocycles. The van der Waals surface area contributed by atoms with Gasteiger partial charge in [0.1, 0.15) is 4.88 Å². The first-order valence-corrected chi connectivity index (χ1v) is 13.5. The normalized spacial score (nSPS) is 14.9. The fourth-order valence-corrected chi connectivity index (χ4v) is 6.89. The Morgan fingerprint density at radius 3 is 2.44 bits per heavy atom. The van der Waals surface area contributed by atoms with Gasteiger partial charge in [0.25, 0.3) is 0 Å². The maximum absolute atomic E-state index is 13.5. The van der Waals surface area contributed by atoms with E-state index in [-0.39, 0.29) is 17.5 Å². The van der Waals surface area contributed by atoms with E-state index in [0.717, 1.165) is 47.8 Å². The quantitative estimate of drug-likeness (QED) is 0.463. The number of amides is 1. The molecule has 1 aliphatic carbocycles. The maximum atomic E-state index is 13.5. The van der Waals surface area contributed by atoms with E-state index in [2.05, 4.69) is 5.32 Å². The van der Waals surface area contributed by atoms with Crippen LogP contribution < -0.4 is 5.32 Å². The smallest absolute Gasteiger partial charge is 0.348 e. The zero-order chi connectivity index (χ0) is 24.3. The Bertz CT molecular complexity index is 1290. The third-order valence-corrected chi connectivity index (χ3v) is 9.10. The number of carbonyl (C=O) groups excluding carboxylic acids is 2. The van der Waals surface area contributed by atoms with Gasteiger partial charge in [0, 0.05) is 16.4 Å². The first-order valence-electron chi connectivity index (χ1n) is 11.3. The standard InChI is InChI=1S/C25H28N2O5S2/c1-17-8-11-21(12-9-17)34(30,31)27(20-6-4-3-5-7-20)16-24(28)26-19-10-13-22-18(14-19)15-23(33-22)25(29)32-2/h8-15,20H,3-7,16H2,1-2H3,(H,26,28). The summed E-state index contributed by atoms with van der Waals surface area (Å²) in [5.74, 6) is -0.805. The van der Waals surface area contributed by atoms with E-state index in [0.29, 0.717) is 10.6 Å². The highest BCUT2D eigenvalue weighted by molar-refractivity contribution is 7.89. The average Bonchev–Trinajstić information content (AvgIpc) is 3.26. The maximum Gasteiger partial charge on any atom is 0.348 e. The van der Waals surface area contributed by atoms with Crippen LogP contribution in [0.5, 0.6) is 0 Å². The molecule has 1 heterocycles. The van der Waals surface area contributed by atoms with Crippen LogP contribution in [0.15, 0.2) is 53.4 Å². The summed E-state index contributed by atoms with van der Waals surface area (Å²) in [6.07, 6.45) is 4.47. The van der Waals surface area contributed by atoms with Crippen molar-refractivity contribution < 1.29 is 22.7 Å². The highest BCUT2D eigenvalue weighted by Gasteiger charge is 2.34. The summed E-state index contributed by atoms with van der Waals surface area (Å²) < 4.78 is 34.0. The SMILES string of the molecule is COC(=O)c1cc2cc(NC(=O)CN(C3CCCCC3)S(=O)(=O)c3ccc(C)cc3)ccc2s1. The van der Waals surface area contributed by atoms with Crippen LogP contribution in [0.25, 0.3) is 10.1 Å². The largest absolute Gasteiger partial charge is 0.465 e. The van der Waals surface area contributed by atoms with E-state index in [4.69, 9.17) is 4.74 Å². The lowest BCUT2D eigenvalue weighted by Crippen LogP contribution is -2.45. The number of thiophene rings is 1. The van der Waals surface area contributed by atoms with Crippen molar-refractivity contribution >= 4 is 49.0 Å². The van der Waals surface area contributed by atoms with Crippen molar-refractivity contribution in [1.29, 1.82) is 0 Å². The molecule has 3 aromatic rings. The van der Waals surface area contributed by atoms with Crippen LogP contribution in [0.4, 0.5) is 5.69 Å². The second kappa shape index (κ2) is 10.2. The molecule has 0 aliphatic heterocycles. The van der Waals surface area contributed by atoms with Crippen LogP contribution in [0.1, 0.15) is 47.3 Å². The van der Waals surface area contributed by atoms with Gasteiger partial charge in [-0.1, -0.05) is 37.0 Å². The number of benzene rings is 2. The number of carbonyl (C=O) groups is 2. The van der Waals surface area contributed by atoms with Gasteiger partial charge in [-0.15, -0.1) is 11.3 Å². The van der Waals surface area contributed by atoms with Crippen molar-refractivity contribution in [2.24, 2.45) is 0 Å². The average molecular weight is 501 g/mol. The van der Waals surface area contributed by atoms with Crippen LogP contribution in [0, 0.1) is 6.92 Å². The molecule has 9 heteroatoms. The molecule has 0 saturated heterocycles. The minimum Gasteiger partial charge on any atom is -0.465 e. The highest BCUT2D eigenvalue weighted by atomic mass is 32.2.